The number of carbonyl (C=O) groups excluding carboxylic acids is 1. The molecule has 0 aromatic carbocycles. The van der Waals surface area contributed by atoms with E-state index >= 15 is 0 Å². The van der Waals surface area contributed by atoms with Crippen molar-refractivity contribution in [2.45, 2.75) is 44.8 Å². The summed E-state index contributed by atoms with van der Waals surface area (Å²) in [5, 5.41) is -0.518. The summed E-state index contributed by atoms with van der Waals surface area (Å²) in [5.41, 5.74) is 0. The number of hydrogen-bond donors (Lipinski definition) is 1. The van der Waals surface area contributed by atoms with E-state index in [1.165, 1.54) is 0 Å². The molecule has 0 saturated heterocycles. The number of sulfonamides is 1. The third-order valence-corrected chi connectivity index (χ3v) is 4.87. The summed E-state index contributed by atoms with van der Waals surface area (Å²) >= 11 is 0. The van der Waals surface area contributed by atoms with Crippen molar-refractivity contribution in [3.8, 4) is 0 Å². The molecule has 2 unspecified atom stereocenters. The fourth-order valence-electron chi connectivity index (χ4n) is 1.58. The minimum Gasteiger partial charge on any atom is -0.274 e. The van der Waals surface area contributed by atoms with Crippen LogP contribution in [0.4, 0.5) is 0 Å². The maximum absolute atomic E-state index is 11.7. The molecule has 1 N–H and O–H groups in total. The van der Waals surface area contributed by atoms with Crippen molar-refractivity contribution in [1.82, 2.24) is 4.72 Å². The number of nitrogens with one attached hydrogen (secondary N) is 1. The normalized spacial score (nSPS) is 22.8. The average Bonchev–Trinajstić information content (AvgIpc) is 2.28. The summed E-state index contributed by atoms with van der Waals surface area (Å²) in [6.07, 6.45) is 6.69. The molecule has 1 aliphatic rings. The number of allylic oxidation sites excluding steroid dienone is 2. The van der Waals surface area contributed by atoms with Gasteiger partial charge in [0.05, 0.1) is 5.25 Å². The van der Waals surface area contributed by atoms with Gasteiger partial charge in [-0.3, -0.25) is 9.52 Å². The molecule has 0 heterocycles. The zero-order valence-electron chi connectivity index (χ0n) is 9.77. The van der Waals surface area contributed by atoms with Gasteiger partial charge >= 0.3 is 0 Å². The summed E-state index contributed by atoms with van der Waals surface area (Å²) in [6.45, 7) is 3.40. The van der Waals surface area contributed by atoms with Crippen molar-refractivity contribution in [2.24, 2.45) is 5.92 Å². The molecular formula is C11H19NO3S. The first-order valence-corrected chi connectivity index (χ1v) is 7.22. The molecule has 1 aliphatic carbocycles. The lowest BCUT2D eigenvalue weighted by Gasteiger charge is -2.18. The van der Waals surface area contributed by atoms with Crippen LogP contribution in [0.3, 0.4) is 0 Å². The molecule has 0 aliphatic heterocycles. The van der Waals surface area contributed by atoms with Gasteiger partial charge in [0.2, 0.25) is 15.9 Å². The Hall–Kier alpha value is -0.840. The number of rotatable bonds is 4. The molecule has 0 spiro atoms. The van der Waals surface area contributed by atoms with E-state index in [-0.39, 0.29) is 11.8 Å². The molecule has 0 aromatic rings. The van der Waals surface area contributed by atoms with Crippen molar-refractivity contribution < 1.29 is 13.2 Å². The van der Waals surface area contributed by atoms with E-state index in [9.17, 15) is 13.2 Å². The van der Waals surface area contributed by atoms with E-state index in [4.69, 9.17) is 0 Å². The fourth-order valence-corrected chi connectivity index (χ4v) is 2.66. The summed E-state index contributed by atoms with van der Waals surface area (Å²) in [7, 11) is -3.48. The van der Waals surface area contributed by atoms with Gasteiger partial charge in [0, 0.05) is 5.92 Å². The summed E-state index contributed by atoms with van der Waals surface area (Å²) in [4.78, 5) is 11.7. The van der Waals surface area contributed by atoms with E-state index in [1.807, 2.05) is 12.2 Å². The summed E-state index contributed by atoms with van der Waals surface area (Å²) in [5.74, 6) is -0.548. The quantitative estimate of drug-likeness (QED) is 0.765. The molecule has 0 bridgehead atoms. The molecule has 16 heavy (non-hydrogen) atoms. The Morgan fingerprint density at radius 2 is 2.19 bits per heavy atom. The van der Waals surface area contributed by atoms with Crippen LogP contribution < -0.4 is 4.72 Å². The topological polar surface area (TPSA) is 63.2 Å². The maximum Gasteiger partial charge on any atom is 0.237 e. The van der Waals surface area contributed by atoms with E-state index in [1.54, 1.807) is 13.8 Å². The van der Waals surface area contributed by atoms with Gasteiger partial charge in [-0.25, -0.2) is 8.42 Å². The molecule has 1 rings (SSSR count). The zero-order valence-corrected chi connectivity index (χ0v) is 10.6. The first kappa shape index (κ1) is 13.2. The molecular weight excluding hydrogens is 226 g/mol. The van der Waals surface area contributed by atoms with Crippen molar-refractivity contribution in [1.29, 1.82) is 0 Å². The van der Waals surface area contributed by atoms with E-state index in [0.29, 0.717) is 12.8 Å². The predicted octanol–water partition coefficient (Wildman–Crippen LogP) is 1.59. The highest BCUT2D eigenvalue weighted by Gasteiger charge is 2.26. The van der Waals surface area contributed by atoms with Gasteiger partial charge in [0.25, 0.3) is 0 Å². The van der Waals surface area contributed by atoms with Crippen LogP contribution in [0.2, 0.25) is 0 Å². The third kappa shape index (κ3) is 3.33. The second-order valence-corrected chi connectivity index (χ2v) is 6.31. The minimum atomic E-state index is -3.48. The monoisotopic (exact) mass is 245 g/mol. The highest BCUT2D eigenvalue weighted by atomic mass is 32.2. The van der Waals surface area contributed by atoms with Gasteiger partial charge in [-0.15, -0.1) is 0 Å². The van der Waals surface area contributed by atoms with Crippen LogP contribution in [0, 0.1) is 5.92 Å². The van der Waals surface area contributed by atoms with Gasteiger partial charge in [0.15, 0.2) is 0 Å². The van der Waals surface area contributed by atoms with Crippen molar-refractivity contribution >= 4 is 15.9 Å². The number of amides is 1. The van der Waals surface area contributed by atoms with E-state index < -0.39 is 15.3 Å². The van der Waals surface area contributed by atoms with Gasteiger partial charge in [-0.05, 0) is 32.6 Å². The molecule has 0 aromatic heterocycles. The van der Waals surface area contributed by atoms with Crippen molar-refractivity contribution in [2.75, 3.05) is 0 Å². The van der Waals surface area contributed by atoms with Crippen molar-refractivity contribution in [3.05, 3.63) is 12.2 Å². The standard InChI is InChI=1S/C11H19NO3S/c1-3-9(2)16(14,15)12-11(13)10-7-5-4-6-8-10/h4-5,9-10H,3,6-8H2,1-2H3,(H,12,13). The Labute approximate surface area is 97.2 Å². The fraction of sp³-hybridized carbons (Fsp3) is 0.727. The Balaban J connectivity index is 2.60. The number of hydrogen-bond acceptors (Lipinski definition) is 3. The predicted molar refractivity (Wildman–Crippen MR) is 63.3 cm³/mol. The van der Waals surface area contributed by atoms with Crippen LogP contribution in [0.5, 0.6) is 0 Å². The molecule has 2 atom stereocenters. The van der Waals surface area contributed by atoms with Crippen LogP contribution in [0.1, 0.15) is 39.5 Å². The molecule has 0 saturated carbocycles. The van der Waals surface area contributed by atoms with Crippen LogP contribution in [-0.4, -0.2) is 19.6 Å². The van der Waals surface area contributed by atoms with E-state index in [2.05, 4.69) is 4.72 Å². The lowest BCUT2D eigenvalue weighted by molar-refractivity contribution is -0.123. The van der Waals surface area contributed by atoms with Gasteiger partial charge in [-0.2, -0.15) is 0 Å². The van der Waals surface area contributed by atoms with Crippen LogP contribution in [-0.2, 0) is 14.8 Å². The second-order valence-electron chi connectivity index (χ2n) is 4.21. The Morgan fingerprint density at radius 3 is 2.69 bits per heavy atom. The number of carbonyl (C=O) groups is 1. The minimum absolute atomic E-state index is 0.191. The molecule has 1 amide bonds. The second kappa shape index (κ2) is 5.48. The molecule has 5 heteroatoms. The molecule has 0 radical (unpaired) electrons. The van der Waals surface area contributed by atoms with Crippen LogP contribution in [0.25, 0.3) is 0 Å². The Kier molecular flexibility index (Phi) is 4.53. The van der Waals surface area contributed by atoms with Gasteiger partial charge in [0.1, 0.15) is 0 Å². The lowest BCUT2D eigenvalue weighted by atomic mass is 9.94. The van der Waals surface area contributed by atoms with Crippen LogP contribution in [0.15, 0.2) is 12.2 Å². The van der Waals surface area contributed by atoms with Gasteiger partial charge in [-0.1, -0.05) is 19.1 Å². The molecule has 0 fully saturated rings. The average molecular weight is 245 g/mol. The highest BCUT2D eigenvalue weighted by Crippen LogP contribution is 2.18. The largest absolute Gasteiger partial charge is 0.274 e. The molecule has 4 nitrogen and oxygen atoms in total. The Bertz CT molecular complexity index is 373. The Morgan fingerprint density at radius 1 is 1.50 bits per heavy atom. The first-order valence-electron chi connectivity index (χ1n) is 5.67. The van der Waals surface area contributed by atoms with Gasteiger partial charge < -0.3 is 0 Å². The summed E-state index contributed by atoms with van der Waals surface area (Å²) in [6, 6.07) is 0. The van der Waals surface area contributed by atoms with Crippen LogP contribution >= 0.6 is 0 Å². The lowest BCUT2D eigenvalue weighted by Crippen LogP contribution is -2.40. The third-order valence-electron chi connectivity index (χ3n) is 2.99. The first-order chi connectivity index (χ1) is 7.47. The highest BCUT2D eigenvalue weighted by molar-refractivity contribution is 7.90. The molecule has 92 valence electrons. The zero-order chi connectivity index (χ0) is 12.2. The van der Waals surface area contributed by atoms with Crippen molar-refractivity contribution in [3.63, 3.8) is 0 Å². The maximum atomic E-state index is 11.7. The van der Waals surface area contributed by atoms with E-state index in [0.717, 1.165) is 12.8 Å². The summed E-state index contributed by atoms with van der Waals surface area (Å²) < 4.78 is 25.5. The SMILES string of the molecule is CCC(C)S(=O)(=O)NC(=O)C1CC=CCC1. The smallest absolute Gasteiger partial charge is 0.237 e.